The van der Waals surface area contributed by atoms with Crippen LogP contribution in [0.15, 0.2) is 11.4 Å². The van der Waals surface area contributed by atoms with Gasteiger partial charge < -0.3 is 9.31 Å². The first kappa shape index (κ1) is 10.7. The number of hydrazine groups is 1. The fourth-order valence-corrected chi connectivity index (χ4v) is 3.63. The maximum absolute atomic E-state index is 3.51. The summed E-state index contributed by atoms with van der Waals surface area (Å²) in [6.07, 6.45) is 1.33. The summed E-state index contributed by atoms with van der Waals surface area (Å²) in [5.74, 6) is 1.28. The molecule has 0 saturated carbocycles. The Hall–Kier alpha value is -0.390. The zero-order chi connectivity index (χ0) is 11.1. The lowest BCUT2D eigenvalue weighted by molar-refractivity contribution is 0.124. The van der Waals surface area contributed by atoms with Crippen LogP contribution in [0.5, 0.6) is 0 Å². The second kappa shape index (κ2) is 4.13. The van der Waals surface area contributed by atoms with E-state index in [1.54, 1.807) is 0 Å². The first-order valence-electron chi connectivity index (χ1n) is 6.09. The van der Waals surface area contributed by atoms with Crippen LogP contribution in [0.4, 0.5) is 0 Å². The molecule has 90 valence electrons. The van der Waals surface area contributed by atoms with Crippen molar-refractivity contribution < 1.29 is 0 Å². The Morgan fingerprint density at radius 3 is 3.00 bits per heavy atom. The van der Waals surface area contributed by atoms with Gasteiger partial charge in [-0.3, -0.25) is 4.90 Å². The minimum Gasteiger partial charge on any atom is -0.317 e. The molecule has 3 rings (SSSR count). The van der Waals surface area contributed by atoms with Crippen LogP contribution in [-0.2, 0) is 0 Å². The summed E-state index contributed by atoms with van der Waals surface area (Å²) in [6, 6.07) is 0.641. The van der Waals surface area contributed by atoms with Gasteiger partial charge in [-0.15, -0.1) is 0 Å². The molecule has 2 saturated heterocycles. The third-order valence-electron chi connectivity index (χ3n) is 3.75. The lowest BCUT2D eigenvalue weighted by Crippen LogP contribution is -2.50. The van der Waals surface area contributed by atoms with E-state index in [2.05, 4.69) is 33.6 Å². The van der Waals surface area contributed by atoms with Crippen molar-refractivity contribution in [2.45, 2.75) is 19.4 Å². The normalized spacial score (nSPS) is 31.5. The molecule has 5 heteroatoms. The van der Waals surface area contributed by atoms with Crippen molar-refractivity contribution in [3.8, 4) is 0 Å². The summed E-state index contributed by atoms with van der Waals surface area (Å²) in [5, 5.41) is 2.36. The first-order chi connectivity index (χ1) is 7.75. The number of fused-ring (bicyclic) bond motifs is 1. The molecule has 0 amide bonds. The van der Waals surface area contributed by atoms with E-state index in [4.69, 9.17) is 0 Å². The summed E-state index contributed by atoms with van der Waals surface area (Å²) in [5.41, 5.74) is 6.52. The Kier molecular flexibility index (Phi) is 2.77. The molecular formula is C11H20N4S. The van der Waals surface area contributed by atoms with Gasteiger partial charge in [0.1, 0.15) is 0 Å². The fourth-order valence-electron chi connectivity index (χ4n) is 2.56. The SMILES string of the molecule is C[C@H]1CN2NCC(N3CCCS3)=C2CN1C. The topological polar surface area (TPSA) is 21.8 Å². The van der Waals surface area contributed by atoms with Crippen molar-refractivity contribution in [1.82, 2.24) is 19.6 Å². The Labute approximate surface area is 102 Å². The van der Waals surface area contributed by atoms with Crippen LogP contribution in [0.2, 0.25) is 0 Å². The summed E-state index contributed by atoms with van der Waals surface area (Å²) >= 11 is 1.99. The number of piperazine rings is 1. The smallest absolute Gasteiger partial charge is 0.0648 e. The predicted octanol–water partition coefficient (Wildman–Crippen LogP) is 0.706. The van der Waals surface area contributed by atoms with Crippen LogP contribution in [0.25, 0.3) is 0 Å². The molecule has 0 unspecified atom stereocenters. The van der Waals surface area contributed by atoms with Crippen molar-refractivity contribution in [3.63, 3.8) is 0 Å². The van der Waals surface area contributed by atoms with Crippen LogP contribution >= 0.6 is 11.9 Å². The highest BCUT2D eigenvalue weighted by molar-refractivity contribution is 7.97. The molecule has 0 aromatic rings. The van der Waals surface area contributed by atoms with Gasteiger partial charge in [-0.25, -0.2) is 5.43 Å². The highest BCUT2D eigenvalue weighted by atomic mass is 32.2. The van der Waals surface area contributed by atoms with E-state index in [0.717, 1.165) is 19.6 Å². The molecule has 4 nitrogen and oxygen atoms in total. The number of likely N-dealkylation sites (N-methyl/N-ethyl adjacent to an activating group) is 1. The number of hydrogen-bond acceptors (Lipinski definition) is 5. The van der Waals surface area contributed by atoms with E-state index < -0.39 is 0 Å². The standard InChI is InChI=1S/C11H20N4S/c1-9-7-14-11(8-13(9)2)10(6-12-14)15-4-3-5-16-15/h9,12H,3-8H2,1-2H3/t9-/m0/s1. The van der Waals surface area contributed by atoms with Crippen molar-refractivity contribution in [1.29, 1.82) is 0 Å². The molecule has 1 N–H and O–H groups in total. The molecule has 0 aliphatic carbocycles. The van der Waals surface area contributed by atoms with E-state index in [-0.39, 0.29) is 0 Å². The Morgan fingerprint density at radius 1 is 1.38 bits per heavy atom. The highest BCUT2D eigenvalue weighted by Crippen LogP contribution is 2.31. The molecule has 16 heavy (non-hydrogen) atoms. The molecule has 3 aliphatic heterocycles. The lowest BCUT2D eigenvalue weighted by Gasteiger charge is -2.38. The van der Waals surface area contributed by atoms with Crippen LogP contribution in [0, 0.1) is 0 Å². The second-order valence-electron chi connectivity index (χ2n) is 4.89. The number of nitrogens with one attached hydrogen (secondary N) is 1. The summed E-state index contributed by atoms with van der Waals surface area (Å²) in [4.78, 5) is 2.44. The van der Waals surface area contributed by atoms with Crippen molar-refractivity contribution >= 4 is 11.9 Å². The zero-order valence-corrected chi connectivity index (χ0v) is 10.9. The number of nitrogens with zero attached hydrogens (tertiary/aromatic N) is 3. The Balaban J connectivity index is 1.82. The molecule has 3 aliphatic rings. The monoisotopic (exact) mass is 240 g/mol. The van der Waals surface area contributed by atoms with Gasteiger partial charge in [-0.1, -0.05) is 0 Å². The average molecular weight is 240 g/mol. The Bertz CT molecular complexity index is 311. The van der Waals surface area contributed by atoms with Gasteiger partial charge in [0.05, 0.1) is 17.9 Å². The van der Waals surface area contributed by atoms with Gasteiger partial charge in [-0.2, -0.15) is 0 Å². The minimum atomic E-state index is 0.641. The molecule has 0 aromatic heterocycles. The van der Waals surface area contributed by atoms with Gasteiger partial charge in [-0.05, 0) is 32.3 Å². The highest BCUT2D eigenvalue weighted by Gasteiger charge is 2.33. The van der Waals surface area contributed by atoms with E-state index in [1.165, 1.54) is 30.1 Å². The minimum absolute atomic E-state index is 0.641. The lowest BCUT2D eigenvalue weighted by atomic mass is 10.2. The molecular weight excluding hydrogens is 220 g/mol. The second-order valence-corrected chi connectivity index (χ2v) is 6.00. The quantitative estimate of drug-likeness (QED) is 0.680. The molecule has 0 radical (unpaired) electrons. The average Bonchev–Trinajstić information content (AvgIpc) is 2.87. The summed E-state index contributed by atoms with van der Waals surface area (Å²) < 4.78 is 2.49. The van der Waals surface area contributed by atoms with E-state index in [9.17, 15) is 0 Å². The van der Waals surface area contributed by atoms with Crippen LogP contribution in [0.1, 0.15) is 13.3 Å². The van der Waals surface area contributed by atoms with Crippen LogP contribution in [-0.4, -0.2) is 59.2 Å². The van der Waals surface area contributed by atoms with Gasteiger partial charge >= 0.3 is 0 Å². The molecule has 0 spiro atoms. The number of rotatable bonds is 1. The maximum atomic E-state index is 3.51. The van der Waals surface area contributed by atoms with Gasteiger partial charge in [0.2, 0.25) is 0 Å². The van der Waals surface area contributed by atoms with Crippen molar-refractivity contribution in [2.24, 2.45) is 0 Å². The van der Waals surface area contributed by atoms with E-state index in [1.807, 2.05) is 11.9 Å². The fraction of sp³-hybridized carbons (Fsp3) is 0.818. The molecule has 0 aromatic carbocycles. The molecule has 2 fully saturated rings. The molecule has 0 bridgehead atoms. The first-order valence-corrected chi connectivity index (χ1v) is 7.03. The number of hydrogen-bond donors (Lipinski definition) is 1. The van der Waals surface area contributed by atoms with Gasteiger partial charge in [0.25, 0.3) is 0 Å². The molecule has 3 heterocycles. The van der Waals surface area contributed by atoms with E-state index >= 15 is 0 Å². The van der Waals surface area contributed by atoms with Crippen molar-refractivity contribution in [2.75, 3.05) is 39.0 Å². The zero-order valence-electron chi connectivity index (χ0n) is 10.1. The van der Waals surface area contributed by atoms with Crippen LogP contribution in [0.3, 0.4) is 0 Å². The summed E-state index contributed by atoms with van der Waals surface area (Å²) in [7, 11) is 2.22. The van der Waals surface area contributed by atoms with Gasteiger partial charge in [0.15, 0.2) is 0 Å². The third kappa shape index (κ3) is 1.71. The summed E-state index contributed by atoms with van der Waals surface area (Å²) in [6.45, 7) is 6.72. The predicted molar refractivity (Wildman–Crippen MR) is 67.6 cm³/mol. The maximum Gasteiger partial charge on any atom is 0.0648 e. The van der Waals surface area contributed by atoms with E-state index in [0.29, 0.717) is 6.04 Å². The largest absolute Gasteiger partial charge is 0.317 e. The van der Waals surface area contributed by atoms with Gasteiger partial charge in [0, 0.05) is 31.4 Å². The van der Waals surface area contributed by atoms with Crippen LogP contribution < -0.4 is 5.43 Å². The molecule has 1 atom stereocenters. The van der Waals surface area contributed by atoms with Crippen molar-refractivity contribution in [3.05, 3.63) is 11.4 Å². The third-order valence-corrected chi connectivity index (χ3v) is 4.93. The Morgan fingerprint density at radius 2 is 2.25 bits per heavy atom.